The summed E-state index contributed by atoms with van der Waals surface area (Å²) in [6, 6.07) is 2.02. The van der Waals surface area contributed by atoms with Crippen LogP contribution in [-0.2, 0) is 19.1 Å². The van der Waals surface area contributed by atoms with Gasteiger partial charge in [0.15, 0.2) is 5.78 Å². The zero-order chi connectivity index (χ0) is 22.2. The number of rotatable bonds is 1. The first kappa shape index (κ1) is 19.7. The number of allylic oxidation sites excluding steroid dienone is 2. The molecule has 31 heavy (non-hydrogen) atoms. The Bertz CT molecular complexity index is 1070. The zero-order valence-corrected chi connectivity index (χ0v) is 18.9. The van der Waals surface area contributed by atoms with Gasteiger partial charge in [0.05, 0.1) is 24.0 Å². The second-order valence-electron chi connectivity index (χ2n) is 11.8. The quantitative estimate of drug-likeness (QED) is 0.499. The van der Waals surface area contributed by atoms with Crippen molar-refractivity contribution in [3.8, 4) is 0 Å². The third kappa shape index (κ3) is 1.82. The van der Waals surface area contributed by atoms with Crippen molar-refractivity contribution in [1.29, 1.82) is 0 Å². The van der Waals surface area contributed by atoms with Crippen molar-refractivity contribution in [2.24, 2.45) is 33.5 Å². The summed E-state index contributed by atoms with van der Waals surface area (Å²) < 4.78 is 11.9. The van der Waals surface area contributed by atoms with Crippen molar-refractivity contribution in [3.05, 3.63) is 36.3 Å². The van der Waals surface area contributed by atoms with Crippen LogP contribution in [0.1, 0.15) is 65.4 Å². The van der Waals surface area contributed by atoms with Gasteiger partial charge in [-0.15, -0.1) is 0 Å². The number of fused-ring (bicyclic) bond motifs is 3. The molecule has 1 spiro atoms. The third-order valence-corrected chi connectivity index (χ3v) is 10.4. The maximum absolute atomic E-state index is 14.0. The Hall–Kier alpha value is -2.01. The first-order chi connectivity index (χ1) is 14.5. The van der Waals surface area contributed by atoms with Crippen LogP contribution in [0.15, 0.2) is 35.2 Å². The summed E-state index contributed by atoms with van der Waals surface area (Å²) in [6.07, 6.45) is 9.69. The van der Waals surface area contributed by atoms with Crippen LogP contribution in [0, 0.1) is 33.5 Å². The number of hydrogen-bond acceptors (Lipinski definition) is 5. The van der Waals surface area contributed by atoms with E-state index in [1.807, 2.05) is 39.2 Å². The maximum Gasteiger partial charge on any atom is 0.207 e. The Morgan fingerprint density at radius 2 is 1.81 bits per heavy atom. The molecule has 1 aliphatic heterocycles. The van der Waals surface area contributed by atoms with E-state index < -0.39 is 27.8 Å². The Balaban J connectivity index is 1.53. The Morgan fingerprint density at radius 3 is 2.48 bits per heavy atom. The van der Waals surface area contributed by atoms with Crippen LogP contribution in [0.5, 0.6) is 0 Å². The standard InChI is InChI=1S/C26H30O5/c1-22(2)17(27)7-9-23(3)16-6-10-24(4)15(14-8-11-30-13-14)12-18-26(24,31-18)25(16,5)21(29)19(28)20(22)23/h7-9,11,13,15-16,18,20H,6,10,12H2,1-5H3/t15-,16+,18+,20+,23+,24-,25-,26+/m0/s1. The summed E-state index contributed by atoms with van der Waals surface area (Å²) in [5, 5.41) is 0. The van der Waals surface area contributed by atoms with Gasteiger partial charge in [0.1, 0.15) is 5.60 Å². The van der Waals surface area contributed by atoms with E-state index in [0.717, 1.165) is 24.8 Å². The first-order valence-corrected chi connectivity index (χ1v) is 11.5. The second-order valence-corrected chi connectivity index (χ2v) is 11.8. The molecule has 5 nitrogen and oxygen atoms in total. The monoisotopic (exact) mass is 422 g/mol. The number of ketones is 3. The molecule has 0 aromatic carbocycles. The number of carbonyl (C=O) groups is 3. The molecule has 5 aliphatic rings. The Labute approximate surface area is 182 Å². The molecule has 1 aromatic heterocycles. The smallest absolute Gasteiger partial charge is 0.207 e. The van der Waals surface area contributed by atoms with Crippen LogP contribution >= 0.6 is 0 Å². The Morgan fingerprint density at radius 1 is 1.06 bits per heavy atom. The van der Waals surface area contributed by atoms with E-state index >= 15 is 0 Å². The molecule has 8 atom stereocenters. The van der Waals surface area contributed by atoms with Crippen LogP contribution in [0.4, 0.5) is 0 Å². The lowest BCUT2D eigenvalue weighted by molar-refractivity contribution is -0.188. The van der Waals surface area contributed by atoms with E-state index in [1.54, 1.807) is 12.3 Å². The highest BCUT2D eigenvalue weighted by Crippen LogP contribution is 2.81. The fourth-order valence-corrected chi connectivity index (χ4v) is 9.08. The fourth-order valence-electron chi connectivity index (χ4n) is 9.08. The van der Waals surface area contributed by atoms with Crippen LogP contribution in [-0.4, -0.2) is 29.1 Å². The van der Waals surface area contributed by atoms with E-state index in [9.17, 15) is 14.4 Å². The van der Waals surface area contributed by atoms with Crippen molar-refractivity contribution in [1.82, 2.24) is 0 Å². The molecule has 1 aromatic rings. The lowest BCUT2D eigenvalue weighted by Crippen LogP contribution is -2.71. The van der Waals surface area contributed by atoms with Crippen LogP contribution < -0.4 is 0 Å². The number of epoxide rings is 1. The lowest BCUT2D eigenvalue weighted by Gasteiger charge is -2.64. The number of hydrogen-bond donors (Lipinski definition) is 0. The van der Waals surface area contributed by atoms with Gasteiger partial charge >= 0.3 is 0 Å². The molecular formula is C26H30O5. The zero-order valence-electron chi connectivity index (χ0n) is 18.9. The van der Waals surface area contributed by atoms with Crippen LogP contribution in [0.25, 0.3) is 0 Å². The van der Waals surface area contributed by atoms with Gasteiger partial charge < -0.3 is 9.15 Å². The number of furan rings is 1. The highest BCUT2D eigenvalue weighted by molar-refractivity contribution is 6.42. The van der Waals surface area contributed by atoms with Crippen LogP contribution in [0.3, 0.4) is 0 Å². The highest BCUT2D eigenvalue weighted by atomic mass is 16.6. The van der Waals surface area contributed by atoms with Gasteiger partial charge in [0.25, 0.3) is 0 Å². The topological polar surface area (TPSA) is 76.9 Å². The molecule has 6 rings (SSSR count). The molecule has 4 fully saturated rings. The van der Waals surface area contributed by atoms with Gasteiger partial charge in [-0.3, -0.25) is 14.4 Å². The third-order valence-electron chi connectivity index (χ3n) is 10.4. The molecule has 0 N–H and O–H groups in total. The second kappa shape index (κ2) is 5.31. The average molecular weight is 423 g/mol. The molecule has 0 amide bonds. The normalized spacial score (nSPS) is 51.7. The summed E-state index contributed by atoms with van der Waals surface area (Å²) in [4.78, 5) is 40.4. The van der Waals surface area contributed by atoms with E-state index in [-0.39, 0.29) is 40.7 Å². The molecule has 0 bridgehead atoms. The molecule has 164 valence electrons. The highest BCUT2D eigenvalue weighted by Gasteiger charge is 2.88. The van der Waals surface area contributed by atoms with Gasteiger partial charge in [0.2, 0.25) is 11.6 Å². The number of ether oxygens (including phenoxy) is 1. The van der Waals surface area contributed by atoms with Gasteiger partial charge in [-0.1, -0.05) is 33.8 Å². The van der Waals surface area contributed by atoms with Crippen molar-refractivity contribution in [2.45, 2.75) is 71.5 Å². The average Bonchev–Trinajstić information content (AvgIpc) is 3.07. The van der Waals surface area contributed by atoms with Gasteiger partial charge in [-0.25, -0.2) is 0 Å². The van der Waals surface area contributed by atoms with Gasteiger partial charge in [0, 0.05) is 22.2 Å². The molecule has 3 saturated carbocycles. The van der Waals surface area contributed by atoms with Crippen molar-refractivity contribution in [2.75, 3.05) is 0 Å². The van der Waals surface area contributed by atoms with Crippen molar-refractivity contribution < 1.29 is 23.5 Å². The molecule has 5 heteroatoms. The largest absolute Gasteiger partial charge is 0.472 e. The van der Waals surface area contributed by atoms with E-state index in [2.05, 4.69) is 13.8 Å². The van der Waals surface area contributed by atoms with Crippen molar-refractivity contribution >= 4 is 17.3 Å². The minimum Gasteiger partial charge on any atom is -0.472 e. The summed E-state index contributed by atoms with van der Waals surface area (Å²) in [6.45, 7) is 9.97. The fraction of sp³-hybridized carbons (Fsp3) is 0.654. The molecule has 4 aliphatic carbocycles. The van der Waals surface area contributed by atoms with Gasteiger partial charge in [-0.2, -0.15) is 0 Å². The maximum atomic E-state index is 14.0. The predicted octanol–water partition coefficient (Wildman–Crippen LogP) is 4.27. The summed E-state index contributed by atoms with van der Waals surface area (Å²) in [7, 11) is 0. The Kier molecular flexibility index (Phi) is 3.36. The van der Waals surface area contributed by atoms with E-state index in [1.165, 1.54) is 0 Å². The molecule has 0 unspecified atom stereocenters. The van der Waals surface area contributed by atoms with Crippen LogP contribution in [0.2, 0.25) is 0 Å². The molecule has 0 radical (unpaired) electrons. The molecule has 2 heterocycles. The predicted molar refractivity (Wildman–Crippen MR) is 112 cm³/mol. The molecular weight excluding hydrogens is 392 g/mol. The number of carbonyl (C=O) groups excluding carboxylic acids is 3. The lowest BCUT2D eigenvalue weighted by atomic mass is 9.37. The van der Waals surface area contributed by atoms with E-state index in [4.69, 9.17) is 9.15 Å². The molecule has 1 saturated heterocycles. The SMILES string of the molecule is CC1(C)C(=O)C=C[C@@]2(C)[C@@H]1C(=O)C(=O)[C@]1(C)[C@@H]2CC[C@@]2(C)[C@H](c3ccoc3)C[C@H]3O[C@]321. The number of Topliss-reactive ketones (excluding diaryl/α,β-unsaturated/α-hetero) is 2. The first-order valence-electron chi connectivity index (χ1n) is 11.5. The minimum atomic E-state index is -0.897. The van der Waals surface area contributed by atoms with Crippen molar-refractivity contribution in [3.63, 3.8) is 0 Å². The van der Waals surface area contributed by atoms with E-state index in [0.29, 0.717) is 0 Å². The van der Waals surface area contributed by atoms with Gasteiger partial charge in [-0.05, 0) is 55.7 Å². The summed E-state index contributed by atoms with van der Waals surface area (Å²) in [5.41, 5.74) is -2.04. The summed E-state index contributed by atoms with van der Waals surface area (Å²) in [5.74, 6) is -1.19. The minimum absolute atomic E-state index is 0.0238. The summed E-state index contributed by atoms with van der Waals surface area (Å²) >= 11 is 0.